The SMILES string of the molecule is CS(=O)(=O)c1cc2c(cc1CC1CCCN1)OCCO2. The van der Waals surface area contributed by atoms with E-state index in [0.29, 0.717) is 42.1 Å². The van der Waals surface area contributed by atoms with Gasteiger partial charge in [0, 0.05) is 18.4 Å². The largest absolute Gasteiger partial charge is 0.486 e. The molecule has 0 aromatic heterocycles. The standard InChI is InChI=1S/C14H19NO4S/c1-20(16,17)14-9-13-12(18-5-6-19-13)8-10(14)7-11-3-2-4-15-11/h8-9,11,15H,2-7H2,1H3. The lowest BCUT2D eigenvalue weighted by Crippen LogP contribution is -2.25. The van der Waals surface area contributed by atoms with Crippen LogP contribution in [0.15, 0.2) is 17.0 Å². The molecule has 1 aromatic carbocycles. The van der Waals surface area contributed by atoms with Gasteiger partial charge >= 0.3 is 0 Å². The average Bonchev–Trinajstić information content (AvgIpc) is 2.89. The minimum absolute atomic E-state index is 0.345. The molecule has 1 unspecified atom stereocenters. The lowest BCUT2D eigenvalue weighted by Gasteiger charge is -2.21. The smallest absolute Gasteiger partial charge is 0.175 e. The van der Waals surface area contributed by atoms with Crippen LogP contribution in [-0.2, 0) is 16.3 Å². The highest BCUT2D eigenvalue weighted by Gasteiger charge is 2.24. The molecule has 0 bridgehead atoms. The highest BCUT2D eigenvalue weighted by atomic mass is 32.2. The molecular weight excluding hydrogens is 278 g/mol. The summed E-state index contributed by atoms with van der Waals surface area (Å²) in [6.45, 7) is 1.97. The molecule has 2 heterocycles. The highest BCUT2D eigenvalue weighted by Crippen LogP contribution is 2.35. The molecule has 0 spiro atoms. The van der Waals surface area contributed by atoms with Crippen LogP contribution in [0.1, 0.15) is 18.4 Å². The first kappa shape index (κ1) is 13.7. The maximum absolute atomic E-state index is 12.0. The Morgan fingerprint density at radius 3 is 2.55 bits per heavy atom. The maximum atomic E-state index is 12.0. The van der Waals surface area contributed by atoms with E-state index in [9.17, 15) is 8.42 Å². The summed E-state index contributed by atoms with van der Waals surface area (Å²) >= 11 is 0. The number of ether oxygens (including phenoxy) is 2. The number of hydrogen-bond donors (Lipinski definition) is 1. The molecule has 0 radical (unpaired) electrons. The fourth-order valence-corrected chi connectivity index (χ4v) is 3.75. The van der Waals surface area contributed by atoms with Crippen molar-refractivity contribution in [3.63, 3.8) is 0 Å². The Balaban J connectivity index is 2.00. The van der Waals surface area contributed by atoms with Gasteiger partial charge in [0.25, 0.3) is 0 Å². The van der Waals surface area contributed by atoms with E-state index in [1.807, 2.05) is 6.07 Å². The van der Waals surface area contributed by atoms with Crippen molar-refractivity contribution in [2.75, 3.05) is 26.0 Å². The second kappa shape index (κ2) is 5.26. The summed E-state index contributed by atoms with van der Waals surface area (Å²) in [5.74, 6) is 1.18. The van der Waals surface area contributed by atoms with Gasteiger partial charge in [-0.1, -0.05) is 0 Å². The van der Waals surface area contributed by atoms with Crippen molar-refractivity contribution in [1.29, 1.82) is 0 Å². The van der Waals surface area contributed by atoms with Gasteiger partial charge in [-0.15, -0.1) is 0 Å². The second-order valence-electron chi connectivity index (χ2n) is 5.37. The molecule has 1 fully saturated rings. The van der Waals surface area contributed by atoms with Crippen LogP contribution in [0.3, 0.4) is 0 Å². The quantitative estimate of drug-likeness (QED) is 0.907. The van der Waals surface area contributed by atoms with Crippen molar-refractivity contribution in [3.05, 3.63) is 17.7 Å². The Morgan fingerprint density at radius 1 is 1.25 bits per heavy atom. The van der Waals surface area contributed by atoms with Crippen LogP contribution in [0.25, 0.3) is 0 Å². The van der Waals surface area contributed by atoms with Crippen LogP contribution in [0.5, 0.6) is 11.5 Å². The van der Waals surface area contributed by atoms with E-state index in [1.54, 1.807) is 6.07 Å². The molecule has 2 aliphatic rings. The summed E-state index contributed by atoms with van der Waals surface area (Å²) in [6.07, 6.45) is 4.17. The average molecular weight is 297 g/mol. The molecule has 1 saturated heterocycles. The third-order valence-electron chi connectivity index (χ3n) is 3.75. The molecule has 1 atom stereocenters. The molecule has 20 heavy (non-hydrogen) atoms. The first-order valence-corrected chi connectivity index (χ1v) is 8.79. The van der Waals surface area contributed by atoms with Gasteiger partial charge in [-0.3, -0.25) is 0 Å². The van der Waals surface area contributed by atoms with Gasteiger partial charge in [0.05, 0.1) is 4.90 Å². The van der Waals surface area contributed by atoms with Crippen molar-refractivity contribution in [1.82, 2.24) is 5.32 Å². The molecule has 0 aliphatic carbocycles. The number of nitrogens with one attached hydrogen (secondary N) is 1. The van der Waals surface area contributed by atoms with Crippen LogP contribution in [-0.4, -0.2) is 40.5 Å². The first-order chi connectivity index (χ1) is 9.54. The fraction of sp³-hybridized carbons (Fsp3) is 0.571. The van der Waals surface area contributed by atoms with E-state index < -0.39 is 9.84 Å². The molecule has 110 valence electrons. The Kier molecular flexibility index (Phi) is 3.60. The van der Waals surface area contributed by atoms with Gasteiger partial charge in [0.1, 0.15) is 13.2 Å². The third kappa shape index (κ3) is 2.76. The Labute approximate surface area is 119 Å². The normalized spacial score (nSPS) is 21.9. The molecule has 1 aromatic rings. The summed E-state index contributed by atoms with van der Waals surface area (Å²) in [4.78, 5) is 0.357. The van der Waals surface area contributed by atoms with Crippen molar-refractivity contribution in [2.24, 2.45) is 0 Å². The van der Waals surface area contributed by atoms with Crippen LogP contribution in [0.4, 0.5) is 0 Å². The summed E-state index contributed by atoms with van der Waals surface area (Å²) in [7, 11) is -3.27. The van der Waals surface area contributed by atoms with Crippen LogP contribution < -0.4 is 14.8 Å². The van der Waals surface area contributed by atoms with E-state index >= 15 is 0 Å². The van der Waals surface area contributed by atoms with Gasteiger partial charge < -0.3 is 14.8 Å². The van der Waals surface area contributed by atoms with Crippen molar-refractivity contribution in [2.45, 2.75) is 30.2 Å². The molecule has 2 aliphatic heterocycles. The minimum Gasteiger partial charge on any atom is -0.486 e. The lowest BCUT2D eigenvalue weighted by molar-refractivity contribution is 0.170. The lowest BCUT2D eigenvalue weighted by atomic mass is 10.0. The van der Waals surface area contributed by atoms with Crippen LogP contribution in [0.2, 0.25) is 0 Å². The van der Waals surface area contributed by atoms with Gasteiger partial charge in [0.2, 0.25) is 0 Å². The van der Waals surface area contributed by atoms with Gasteiger partial charge in [0.15, 0.2) is 21.3 Å². The number of hydrogen-bond acceptors (Lipinski definition) is 5. The molecular formula is C14H19NO4S. The Bertz CT molecular complexity index is 606. The summed E-state index contributed by atoms with van der Waals surface area (Å²) in [5, 5.41) is 3.40. The monoisotopic (exact) mass is 297 g/mol. The second-order valence-corrected chi connectivity index (χ2v) is 7.36. The number of fused-ring (bicyclic) bond motifs is 1. The Hall–Kier alpha value is -1.27. The van der Waals surface area contributed by atoms with E-state index in [0.717, 1.165) is 24.9 Å². The molecule has 3 rings (SSSR count). The topological polar surface area (TPSA) is 64.6 Å². The van der Waals surface area contributed by atoms with Crippen molar-refractivity contribution >= 4 is 9.84 Å². The van der Waals surface area contributed by atoms with Gasteiger partial charge in [-0.05, 0) is 37.4 Å². The molecule has 1 N–H and O–H groups in total. The minimum atomic E-state index is -3.27. The molecule has 0 amide bonds. The Morgan fingerprint density at radius 2 is 1.95 bits per heavy atom. The molecule has 6 heteroatoms. The zero-order chi connectivity index (χ0) is 14.2. The van der Waals surface area contributed by atoms with Gasteiger partial charge in [-0.25, -0.2) is 8.42 Å². The third-order valence-corrected chi connectivity index (χ3v) is 4.93. The summed E-state index contributed by atoms with van der Waals surface area (Å²) < 4.78 is 35.0. The van der Waals surface area contributed by atoms with Gasteiger partial charge in [-0.2, -0.15) is 0 Å². The molecule has 5 nitrogen and oxygen atoms in total. The van der Waals surface area contributed by atoms with Crippen molar-refractivity contribution in [3.8, 4) is 11.5 Å². The van der Waals surface area contributed by atoms with E-state index in [2.05, 4.69) is 5.32 Å². The fourth-order valence-electron chi connectivity index (χ4n) is 2.81. The van der Waals surface area contributed by atoms with E-state index in [-0.39, 0.29) is 0 Å². The zero-order valence-corrected chi connectivity index (χ0v) is 12.3. The molecule has 0 saturated carbocycles. The van der Waals surface area contributed by atoms with E-state index in [1.165, 1.54) is 6.26 Å². The predicted octanol–water partition coefficient (Wildman–Crippen LogP) is 1.16. The van der Waals surface area contributed by atoms with Crippen molar-refractivity contribution < 1.29 is 17.9 Å². The summed E-state index contributed by atoms with van der Waals surface area (Å²) in [5.41, 5.74) is 0.816. The number of benzene rings is 1. The maximum Gasteiger partial charge on any atom is 0.175 e. The predicted molar refractivity (Wildman–Crippen MR) is 75.3 cm³/mol. The van der Waals surface area contributed by atoms with Crippen LogP contribution in [0, 0.1) is 0 Å². The van der Waals surface area contributed by atoms with Crippen LogP contribution >= 0.6 is 0 Å². The summed E-state index contributed by atoms with van der Waals surface area (Å²) in [6, 6.07) is 3.77. The van der Waals surface area contributed by atoms with E-state index in [4.69, 9.17) is 9.47 Å². The highest BCUT2D eigenvalue weighted by molar-refractivity contribution is 7.90. The number of sulfone groups is 1. The number of rotatable bonds is 3. The zero-order valence-electron chi connectivity index (χ0n) is 11.5. The first-order valence-electron chi connectivity index (χ1n) is 6.90.